The lowest BCUT2D eigenvalue weighted by atomic mass is 10.2. The topological polar surface area (TPSA) is 17.1 Å². The molecule has 0 bridgehead atoms. The highest BCUT2D eigenvalue weighted by atomic mass is 32.1. The molecule has 0 N–H and O–H groups in total. The van der Waals surface area contributed by atoms with Crippen LogP contribution in [0.15, 0.2) is 23.1 Å². The standard InChI is InChI=1S/C9H5FOS2/c10-7-3-9-5(2-8(7)12)1-6(4-11)13-9/h1-4,12H. The van der Waals surface area contributed by atoms with Crippen LogP contribution in [-0.2, 0) is 0 Å². The maximum absolute atomic E-state index is 13.0. The molecule has 0 amide bonds. The molecule has 1 heterocycles. The molecule has 2 aromatic rings. The number of aldehydes is 1. The Hall–Kier alpha value is -0.870. The molecular weight excluding hydrogens is 207 g/mol. The third-order valence-corrected chi connectivity index (χ3v) is 3.09. The summed E-state index contributed by atoms with van der Waals surface area (Å²) in [7, 11) is 0. The molecule has 2 rings (SSSR count). The summed E-state index contributed by atoms with van der Waals surface area (Å²) < 4.78 is 13.8. The van der Waals surface area contributed by atoms with E-state index in [1.54, 1.807) is 12.1 Å². The predicted molar refractivity (Wildman–Crippen MR) is 54.4 cm³/mol. The molecule has 0 atom stereocenters. The SMILES string of the molecule is O=Cc1cc2cc(S)c(F)cc2s1. The average Bonchev–Trinajstić information content (AvgIpc) is 2.48. The Balaban J connectivity index is 2.77. The number of carbonyl (C=O) groups is 1. The molecule has 66 valence electrons. The number of thiophene rings is 1. The van der Waals surface area contributed by atoms with Crippen LogP contribution in [-0.4, -0.2) is 6.29 Å². The molecule has 0 unspecified atom stereocenters. The van der Waals surface area contributed by atoms with E-state index in [0.29, 0.717) is 9.77 Å². The van der Waals surface area contributed by atoms with E-state index in [4.69, 9.17) is 0 Å². The Morgan fingerprint density at radius 1 is 1.38 bits per heavy atom. The molecule has 4 heteroatoms. The van der Waals surface area contributed by atoms with Crippen molar-refractivity contribution in [3.8, 4) is 0 Å². The second-order valence-electron chi connectivity index (χ2n) is 2.61. The molecule has 1 nitrogen and oxygen atoms in total. The van der Waals surface area contributed by atoms with Crippen molar-refractivity contribution in [2.45, 2.75) is 4.90 Å². The summed E-state index contributed by atoms with van der Waals surface area (Å²) in [5.41, 5.74) is 0. The average molecular weight is 212 g/mol. The number of hydrogen-bond donors (Lipinski definition) is 1. The zero-order valence-corrected chi connectivity index (χ0v) is 8.16. The highest BCUT2D eigenvalue weighted by Gasteiger charge is 2.04. The van der Waals surface area contributed by atoms with Gasteiger partial charge in [0.1, 0.15) is 5.82 Å². The van der Waals surface area contributed by atoms with Crippen molar-refractivity contribution in [2.75, 3.05) is 0 Å². The minimum atomic E-state index is -0.352. The molecule has 0 fully saturated rings. The lowest BCUT2D eigenvalue weighted by molar-refractivity contribution is 0.112. The van der Waals surface area contributed by atoms with E-state index in [0.717, 1.165) is 16.4 Å². The van der Waals surface area contributed by atoms with Gasteiger partial charge < -0.3 is 0 Å². The molecule has 0 aliphatic rings. The number of halogens is 1. The molecule has 13 heavy (non-hydrogen) atoms. The fraction of sp³-hybridized carbons (Fsp3) is 0. The number of hydrogen-bond acceptors (Lipinski definition) is 3. The Labute approximate surface area is 83.6 Å². The first kappa shape index (κ1) is 8.72. The van der Waals surface area contributed by atoms with E-state index in [9.17, 15) is 9.18 Å². The molecule has 0 radical (unpaired) electrons. The number of thiol groups is 1. The number of fused-ring (bicyclic) bond motifs is 1. The molecule has 0 saturated carbocycles. The monoisotopic (exact) mass is 212 g/mol. The van der Waals surface area contributed by atoms with Crippen LogP contribution in [0.4, 0.5) is 4.39 Å². The predicted octanol–water partition coefficient (Wildman–Crippen LogP) is 3.14. The quantitative estimate of drug-likeness (QED) is 0.567. The van der Waals surface area contributed by atoms with Crippen molar-refractivity contribution >= 4 is 40.3 Å². The first-order valence-corrected chi connectivity index (χ1v) is 4.84. The number of carbonyl (C=O) groups excluding carboxylic acids is 1. The van der Waals surface area contributed by atoms with Gasteiger partial charge in [-0.2, -0.15) is 0 Å². The summed E-state index contributed by atoms with van der Waals surface area (Å²) >= 11 is 5.23. The van der Waals surface area contributed by atoms with E-state index in [1.165, 1.54) is 17.4 Å². The van der Waals surface area contributed by atoms with Gasteiger partial charge in [0.2, 0.25) is 0 Å². The van der Waals surface area contributed by atoms with Gasteiger partial charge in [0.15, 0.2) is 6.29 Å². The second kappa shape index (κ2) is 3.12. The van der Waals surface area contributed by atoms with Crippen molar-refractivity contribution in [3.05, 3.63) is 28.9 Å². The first-order chi connectivity index (χ1) is 6.20. The van der Waals surface area contributed by atoms with Crippen molar-refractivity contribution in [1.29, 1.82) is 0 Å². The summed E-state index contributed by atoms with van der Waals surface area (Å²) in [6, 6.07) is 4.75. The minimum absolute atomic E-state index is 0.308. The summed E-state index contributed by atoms with van der Waals surface area (Å²) in [5, 5.41) is 0.860. The van der Waals surface area contributed by atoms with E-state index in [-0.39, 0.29) is 5.82 Å². The Morgan fingerprint density at radius 2 is 2.15 bits per heavy atom. The van der Waals surface area contributed by atoms with E-state index < -0.39 is 0 Å². The summed E-state index contributed by atoms with van der Waals surface area (Å²) in [5.74, 6) is -0.352. The van der Waals surface area contributed by atoms with Gasteiger partial charge >= 0.3 is 0 Å². The van der Waals surface area contributed by atoms with Crippen LogP contribution in [0.1, 0.15) is 9.67 Å². The first-order valence-electron chi connectivity index (χ1n) is 3.58. The summed E-state index contributed by atoms with van der Waals surface area (Å²) in [4.78, 5) is 11.4. The van der Waals surface area contributed by atoms with Gasteiger partial charge in [-0.25, -0.2) is 4.39 Å². The van der Waals surface area contributed by atoms with Crippen LogP contribution < -0.4 is 0 Å². The van der Waals surface area contributed by atoms with E-state index in [2.05, 4.69) is 12.6 Å². The maximum Gasteiger partial charge on any atom is 0.160 e. The Kier molecular flexibility index (Phi) is 2.09. The van der Waals surface area contributed by atoms with Gasteiger partial charge in [0, 0.05) is 9.60 Å². The summed E-state index contributed by atoms with van der Waals surface area (Å²) in [6.07, 6.45) is 0.765. The van der Waals surface area contributed by atoms with Crippen LogP contribution in [0.25, 0.3) is 10.1 Å². The lowest BCUT2D eigenvalue weighted by Crippen LogP contribution is -1.74. The van der Waals surface area contributed by atoms with Crippen LogP contribution in [0.3, 0.4) is 0 Å². The number of rotatable bonds is 1. The second-order valence-corrected chi connectivity index (χ2v) is 4.21. The largest absolute Gasteiger partial charge is 0.297 e. The fourth-order valence-electron chi connectivity index (χ4n) is 1.13. The van der Waals surface area contributed by atoms with Crippen LogP contribution in [0, 0.1) is 5.82 Å². The van der Waals surface area contributed by atoms with Crippen molar-refractivity contribution < 1.29 is 9.18 Å². The van der Waals surface area contributed by atoms with Crippen molar-refractivity contribution in [1.82, 2.24) is 0 Å². The zero-order chi connectivity index (χ0) is 9.42. The van der Waals surface area contributed by atoms with Gasteiger partial charge in [0.05, 0.1) is 4.88 Å². The third-order valence-electron chi connectivity index (χ3n) is 1.72. The molecule has 0 aliphatic carbocycles. The van der Waals surface area contributed by atoms with Gasteiger partial charge in [-0.15, -0.1) is 24.0 Å². The normalized spacial score (nSPS) is 10.6. The van der Waals surface area contributed by atoms with Crippen molar-refractivity contribution in [3.63, 3.8) is 0 Å². The smallest absolute Gasteiger partial charge is 0.160 e. The number of benzene rings is 1. The molecule has 0 aliphatic heterocycles. The summed E-state index contributed by atoms with van der Waals surface area (Å²) in [6.45, 7) is 0. The molecule has 1 aromatic heterocycles. The highest BCUT2D eigenvalue weighted by molar-refractivity contribution is 7.80. The third kappa shape index (κ3) is 1.47. The Bertz CT molecular complexity index is 437. The Morgan fingerprint density at radius 3 is 2.85 bits per heavy atom. The van der Waals surface area contributed by atoms with Crippen molar-refractivity contribution in [2.24, 2.45) is 0 Å². The fourth-order valence-corrected chi connectivity index (χ4v) is 2.22. The van der Waals surface area contributed by atoms with Gasteiger partial charge in [-0.3, -0.25) is 4.79 Å². The van der Waals surface area contributed by atoms with Gasteiger partial charge in [0.25, 0.3) is 0 Å². The van der Waals surface area contributed by atoms with Crippen LogP contribution >= 0.6 is 24.0 Å². The van der Waals surface area contributed by atoms with Gasteiger partial charge in [-0.05, 0) is 23.6 Å². The minimum Gasteiger partial charge on any atom is -0.297 e. The van der Waals surface area contributed by atoms with E-state index >= 15 is 0 Å². The molecule has 0 saturated heterocycles. The zero-order valence-electron chi connectivity index (χ0n) is 6.45. The van der Waals surface area contributed by atoms with Crippen LogP contribution in [0.2, 0.25) is 0 Å². The van der Waals surface area contributed by atoms with E-state index in [1.807, 2.05) is 0 Å². The maximum atomic E-state index is 13.0. The molecular formula is C9H5FOS2. The lowest BCUT2D eigenvalue weighted by Gasteiger charge is -1.93. The van der Waals surface area contributed by atoms with Gasteiger partial charge in [-0.1, -0.05) is 0 Å². The molecule has 0 spiro atoms. The molecule has 1 aromatic carbocycles. The van der Waals surface area contributed by atoms with Crippen LogP contribution in [0.5, 0.6) is 0 Å². The highest BCUT2D eigenvalue weighted by Crippen LogP contribution is 2.28.